The largest absolute Gasteiger partial charge is 0.463 e. The molecule has 1 N–H and O–H groups in total. The van der Waals surface area contributed by atoms with Crippen LogP contribution in [0.2, 0.25) is 0 Å². The molecule has 1 aromatic heterocycles. The Kier molecular flexibility index (Phi) is 9.01. The molecule has 8 nitrogen and oxygen atoms in total. The van der Waals surface area contributed by atoms with Crippen molar-refractivity contribution in [3.05, 3.63) is 117 Å². The molecule has 1 saturated heterocycles. The van der Waals surface area contributed by atoms with Crippen molar-refractivity contribution in [1.82, 2.24) is 10.2 Å². The van der Waals surface area contributed by atoms with Gasteiger partial charge in [-0.2, -0.15) is 0 Å². The first kappa shape index (κ1) is 28.4. The predicted molar refractivity (Wildman–Crippen MR) is 157 cm³/mol. The van der Waals surface area contributed by atoms with E-state index in [1.54, 1.807) is 12.3 Å². The fourth-order valence-electron chi connectivity index (χ4n) is 4.71. The van der Waals surface area contributed by atoms with Crippen molar-refractivity contribution < 1.29 is 28.7 Å². The average molecular weight is 589 g/mol. The van der Waals surface area contributed by atoms with Gasteiger partial charge >= 0.3 is 11.9 Å². The summed E-state index contributed by atoms with van der Waals surface area (Å²) in [5, 5.41) is 5.94. The van der Waals surface area contributed by atoms with Crippen LogP contribution in [-0.4, -0.2) is 52.7 Å². The van der Waals surface area contributed by atoms with Crippen LogP contribution in [0.3, 0.4) is 0 Å². The molecule has 41 heavy (non-hydrogen) atoms. The van der Waals surface area contributed by atoms with Crippen molar-refractivity contribution in [3.63, 3.8) is 0 Å². The van der Waals surface area contributed by atoms with Crippen LogP contribution in [0.1, 0.15) is 29.0 Å². The van der Waals surface area contributed by atoms with E-state index < -0.39 is 41.4 Å². The normalized spacial score (nSPS) is 19.8. The highest BCUT2D eigenvalue weighted by atomic mass is 32.2. The summed E-state index contributed by atoms with van der Waals surface area (Å²) in [6.45, 7) is 1.91. The highest BCUT2D eigenvalue weighted by Gasteiger charge is 2.56. The van der Waals surface area contributed by atoms with Crippen LogP contribution in [0.5, 0.6) is 0 Å². The lowest BCUT2D eigenvalue weighted by atomic mass is 9.96. The third-order valence-electron chi connectivity index (χ3n) is 6.61. The number of rotatable bonds is 10. The first-order valence-electron chi connectivity index (χ1n) is 13.1. The Morgan fingerprint density at radius 1 is 1.00 bits per heavy atom. The summed E-state index contributed by atoms with van der Waals surface area (Å²) >= 11 is 2.77. The summed E-state index contributed by atoms with van der Waals surface area (Å²) in [4.78, 5) is 54.3. The number of esters is 2. The lowest BCUT2D eigenvalue weighted by molar-refractivity contribution is -0.165. The van der Waals surface area contributed by atoms with Gasteiger partial charge in [0.2, 0.25) is 11.8 Å². The third kappa shape index (κ3) is 6.44. The molecule has 2 aliphatic heterocycles. The van der Waals surface area contributed by atoms with Gasteiger partial charge < -0.3 is 19.7 Å². The maximum atomic E-state index is 13.9. The van der Waals surface area contributed by atoms with Gasteiger partial charge in [0.15, 0.2) is 12.1 Å². The summed E-state index contributed by atoms with van der Waals surface area (Å²) in [6, 6.07) is 20.5. The molecule has 1 unspecified atom stereocenters. The predicted octanol–water partition coefficient (Wildman–Crippen LogP) is 4.40. The van der Waals surface area contributed by atoms with E-state index in [9.17, 15) is 19.2 Å². The smallest absolute Gasteiger partial charge is 0.334 e. The van der Waals surface area contributed by atoms with Gasteiger partial charge in [-0.25, -0.2) is 9.59 Å². The molecule has 2 aromatic carbocycles. The first-order chi connectivity index (χ1) is 20.0. The topological polar surface area (TPSA) is 102 Å². The number of carbonyl (C=O) groups is 4. The van der Waals surface area contributed by atoms with Crippen LogP contribution in [0.25, 0.3) is 0 Å². The number of amides is 2. The molecule has 0 saturated carbocycles. The summed E-state index contributed by atoms with van der Waals surface area (Å²) in [7, 11) is 0. The molecule has 2 aliphatic rings. The van der Waals surface area contributed by atoms with E-state index in [2.05, 4.69) is 5.32 Å². The third-order valence-corrected chi connectivity index (χ3v) is 8.67. The molecule has 0 spiro atoms. The molecule has 1 fully saturated rings. The molecule has 2 amide bonds. The van der Waals surface area contributed by atoms with Gasteiger partial charge in [-0.15, -0.1) is 23.1 Å². The molecule has 0 bridgehead atoms. The molecular weight excluding hydrogens is 560 g/mol. The number of fused-ring (bicyclic) bond motifs is 1. The molecule has 3 aromatic rings. The Bertz CT molecular complexity index is 1420. The van der Waals surface area contributed by atoms with E-state index >= 15 is 0 Å². The fourth-order valence-corrected chi connectivity index (χ4v) is 6.61. The first-order valence-corrected chi connectivity index (χ1v) is 14.9. The standard InChI is InChI=1S/C31H28N2O6S2/c1-2-38-25(35)16-15-22-19-41-30-26(32-24(34)18-23-14-9-17-40-23)29(36)33(30)27(22)31(37)39-28(20-10-5-3-6-11-20)21-12-7-4-8-13-21/h3-17,19,26-28,30H,2,18H2,1H3,(H,32,34)/b16-15+/t26-,27?,30-/m1/s1. The van der Waals surface area contributed by atoms with Crippen molar-refractivity contribution in [1.29, 1.82) is 0 Å². The summed E-state index contributed by atoms with van der Waals surface area (Å²) < 4.78 is 11.1. The second-order valence-electron chi connectivity index (χ2n) is 9.32. The van der Waals surface area contributed by atoms with Crippen LogP contribution in [0, 0.1) is 0 Å². The van der Waals surface area contributed by atoms with Gasteiger partial charge in [-0.3, -0.25) is 9.59 Å². The van der Waals surface area contributed by atoms with Gasteiger partial charge in [0, 0.05) is 11.0 Å². The van der Waals surface area contributed by atoms with Crippen LogP contribution in [-0.2, 0) is 35.1 Å². The Morgan fingerprint density at radius 2 is 1.68 bits per heavy atom. The van der Waals surface area contributed by atoms with Crippen LogP contribution in [0.4, 0.5) is 0 Å². The van der Waals surface area contributed by atoms with E-state index in [1.165, 1.54) is 40.2 Å². The molecule has 5 rings (SSSR count). The zero-order chi connectivity index (χ0) is 28.8. The van der Waals surface area contributed by atoms with E-state index in [-0.39, 0.29) is 18.9 Å². The molecule has 10 heteroatoms. The molecule has 0 radical (unpaired) electrons. The summed E-state index contributed by atoms with van der Waals surface area (Å²) in [6.07, 6.45) is 2.16. The summed E-state index contributed by atoms with van der Waals surface area (Å²) in [5.41, 5.74) is 1.96. The number of benzene rings is 2. The van der Waals surface area contributed by atoms with Gasteiger partial charge in [-0.05, 0) is 46.6 Å². The SMILES string of the molecule is CCOC(=O)/C=C/C1=CS[C@@H]2[C@H](NC(=O)Cc3cccs3)C(=O)N2C1C(=O)OC(c1ccccc1)c1ccccc1. The monoisotopic (exact) mass is 588 g/mol. The number of ether oxygens (including phenoxy) is 2. The summed E-state index contributed by atoms with van der Waals surface area (Å²) in [5.74, 6) is -1.87. The zero-order valence-corrected chi connectivity index (χ0v) is 23.8. The van der Waals surface area contributed by atoms with E-state index in [1.807, 2.05) is 78.2 Å². The highest BCUT2D eigenvalue weighted by molar-refractivity contribution is 8.03. The molecule has 0 aliphatic carbocycles. The van der Waals surface area contributed by atoms with Crippen LogP contribution in [0.15, 0.2) is 101 Å². The Morgan fingerprint density at radius 3 is 2.29 bits per heavy atom. The van der Waals surface area contributed by atoms with Crippen LogP contribution >= 0.6 is 23.1 Å². The number of nitrogens with zero attached hydrogens (tertiary/aromatic N) is 1. The second-order valence-corrected chi connectivity index (χ2v) is 11.3. The minimum atomic E-state index is -1.11. The number of hydrogen-bond donors (Lipinski definition) is 1. The van der Waals surface area contributed by atoms with Gasteiger partial charge in [0.25, 0.3) is 0 Å². The average Bonchev–Trinajstić information content (AvgIpc) is 3.51. The lowest BCUT2D eigenvalue weighted by Crippen LogP contribution is -2.74. The van der Waals surface area contributed by atoms with Crippen molar-refractivity contribution in [2.24, 2.45) is 0 Å². The van der Waals surface area contributed by atoms with Crippen molar-refractivity contribution >= 4 is 46.9 Å². The van der Waals surface area contributed by atoms with Crippen LogP contribution < -0.4 is 5.32 Å². The molecular formula is C31H28N2O6S2. The number of thioether (sulfide) groups is 1. The van der Waals surface area contributed by atoms with Crippen molar-refractivity contribution in [2.45, 2.75) is 36.9 Å². The molecule has 3 atom stereocenters. The fraction of sp³-hybridized carbons (Fsp3) is 0.226. The number of hydrogen-bond acceptors (Lipinski definition) is 8. The molecule has 210 valence electrons. The van der Waals surface area contributed by atoms with E-state index in [0.29, 0.717) is 5.57 Å². The maximum absolute atomic E-state index is 13.9. The van der Waals surface area contributed by atoms with Crippen molar-refractivity contribution in [3.8, 4) is 0 Å². The Labute approximate surface area is 246 Å². The maximum Gasteiger partial charge on any atom is 0.334 e. The number of carbonyl (C=O) groups excluding carboxylic acids is 4. The minimum Gasteiger partial charge on any atom is -0.463 e. The quantitative estimate of drug-likeness (QED) is 0.213. The molecule has 3 heterocycles. The number of thiophene rings is 1. The van der Waals surface area contributed by atoms with Gasteiger partial charge in [0.1, 0.15) is 11.4 Å². The Hall–Kier alpha value is -4.15. The van der Waals surface area contributed by atoms with Crippen molar-refractivity contribution in [2.75, 3.05) is 6.61 Å². The lowest BCUT2D eigenvalue weighted by Gasteiger charge is -2.51. The van der Waals surface area contributed by atoms with Gasteiger partial charge in [0.05, 0.1) is 13.0 Å². The number of β-lactam (4-membered cyclic amide) rings is 1. The second kappa shape index (κ2) is 13.0. The number of nitrogens with one attached hydrogen (secondary N) is 1. The van der Waals surface area contributed by atoms with E-state index in [4.69, 9.17) is 9.47 Å². The van der Waals surface area contributed by atoms with Gasteiger partial charge in [-0.1, -0.05) is 66.7 Å². The minimum absolute atomic E-state index is 0.170. The van der Waals surface area contributed by atoms with E-state index in [0.717, 1.165) is 16.0 Å². The zero-order valence-electron chi connectivity index (χ0n) is 22.2. The Balaban J connectivity index is 1.40. The highest BCUT2D eigenvalue weighted by Crippen LogP contribution is 2.41.